The van der Waals surface area contributed by atoms with Crippen LogP contribution < -0.4 is 0 Å². The first kappa shape index (κ1) is 14.5. The highest BCUT2D eigenvalue weighted by Gasteiger charge is 2.26. The Balaban J connectivity index is 1.82. The Morgan fingerprint density at radius 2 is 1.73 bits per heavy atom. The van der Waals surface area contributed by atoms with Crippen molar-refractivity contribution in [1.82, 2.24) is 4.41 Å². The summed E-state index contributed by atoms with van der Waals surface area (Å²) < 4.78 is 26.2. The maximum atomic E-state index is 12.5. The van der Waals surface area contributed by atoms with Crippen LogP contribution in [0.1, 0.15) is 11.1 Å². The summed E-state index contributed by atoms with van der Waals surface area (Å²) in [5.41, 5.74) is 2.91. The Bertz CT molecular complexity index is 823. The van der Waals surface area contributed by atoms with Crippen LogP contribution in [0.3, 0.4) is 0 Å². The minimum absolute atomic E-state index is 0.255. The van der Waals surface area contributed by atoms with Crippen LogP contribution in [-0.4, -0.2) is 25.6 Å². The second-order valence-corrected chi connectivity index (χ2v) is 7.02. The molecule has 112 valence electrons. The molecular formula is C17H16N2O2S. The predicted octanol–water partition coefficient (Wildman–Crippen LogP) is 3.07. The molecule has 0 N–H and O–H groups in total. The molecule has 1 heterocycles. The Morgan fingerprint density at radius 3 is 2.41 bits per heavy atom. The smallest absolute Gasteiger partial charge is 0.200 e. The third kappa shape index (κ3) is 2.94. The van der Waals surface area contributed by atoms with Crippen molar-refractivity contribution >= 4 is 22.3 Å². The largest absolute Gasteiger partial charge is 0.279 e. The molecule has 2 aromatic carbocycles. The lowest BCUT2D eigenvalue weighted by Gasteiger charge is -2.14. The van der Waals surface area contributed by atoms with Crippen LogP contribution >= 0.6 is 0 Å². The van der Waals surface area contributed by atoms with E-state index in [1.165, 1.54) is 0 Å². The second kappa shape index (κ2) is 5.77. The van der Waals surface area contributed by atoms with Crippen molar-refractivity contribution < 1.29 is 8.42 Å². The second-order valence-electron chi connectivity index (χ2n) is 5.17. The molecule has 4 nitrogen and oxygen atoms in total. The molecule has 0 amide bonds. The average Bonchev–Trinajstić information content (AvgIpc) is 2.98. The minimum Gasteiger partial charge on any atom is -0.200 e. The van der Waals surface area contributed by atoms with Crippen LogP contribution in [0.15, 0.2) is 70.2 Å². The number of hydrogen-bond acceptors (Lipinski definition) is 3. The summed E-state index contributed by atoms with van der Waals surface area (Å²) >= 11 is 0. The number of aryl methyl sites for hydroxylation is 1. The molecule has 0 aromatic heterocycles. The lowest BCUT2D eigenvalue weighted by Crippen LogP contribution is -2.24. The number of sulfonamides is 1. The van der Waals surface area contributed by atoms with Gasteiger partial charge < -0.3 is 0 Å². The van der Waals surface area contributed by atoms with E-state index in [1.54, 1.807) is 30.5 Å². The normalized spacial score (nSPS) is 16.4. The molecule has 2 aromatic rings. The lowest BCUT2D eigenvalue weighted by atomic mass is 10.1. The summed E-state index contributed by atoms with van der Waals surface area (Å²) in [7, 11) is -3.59. The zero-order valence-corrected chi connectivity index (χ0v) is 13.0. The van der Waals surface area contributed by atoms with Gasteiger partial charge >= 0.3 is 0 Å². The summed E-state index contributed by atoms with van der Waals surface area (Å²) in [6.45, 7) is 2.18. The summed E-state index contributed by atoms with van der Waals surface area (Å²) in [5.74, 6) is 0. The highest BCUT2D eigenvalue weighted by Crippen LogP contribution is 2.21. The maximum Gasteiger partial charge on any atom is 0.279 e. The van der Waals surface area contributed by atoms with Gasteiger partial charge in [-0.05, 0) is 36.3 Å². The highest BCUT2D eigenvalue weighted by atomic mass is 32.2. The van der Waals surface area contributed by atoms with Gasteiger partial charge in [-0.25, -0.2) is 0 Å². The Hall–Kier alpha value is -2.40. The van der Waals surface area contributed by atoms with Crippen LogP contribution in [0.5, 0.6) is 0 Å². The van der Waals surface area contributed by atoms with Gasteiger partial charge in [-0.2, -0.15) is 17.9 Å². The van der Waals surface area contributed by atoms with Gasteiger partial charge in [-0.15, -0.1) is 0 Å². The van der Waals surface area contributed by atoms with Gasteiger partial charge in [-0.3, -0.25) is 0 Å². The van der Waals surface area contributed by atoms with Gasteiger partial charge in [0.15, 0.2) is 0 Å². The molecule has 0 unspecified atom stereocenters. The molecule has 0 atom stereocenters. The Labute approximate surface area is 130 Å². The molecule has 0 saturated carbocycles. The zero-order valence-electron chi connectivity index (χ0n) is 12.2. The fourth-order valence-electron chi connectivity index (χ4n) is 2.20. The molecule has 0 fully saturated rings. The molecule has 0 aliphatic carbocycles. The van der Waals surface area contributed by atoms with E-state index in [0.717, 1.165) is 21.1 Å². The van der Waals surface area contributed by atoms with Gasteiger partial charge in [0.25, 0.3) is 10.0 Å². The van der Waals surface area contributed by atoms with E-state index in [2.05, 4.69) is 5.10 Å². The van der Waals surface area contributed by atoms with Crippen molar-refractivity contribution in [2.75, 3.05) is 6.54 Å². The van der Waals surface area contributed by atoms with Gasteiger partial charge in [0.1, 0.15) is 0 Å². The summed E-state index contributed by atoms with van der Waals surface area (Å²) in [6, 6.07) is 16.6. The zero-order chi connectivity index (χ0) is 15.6. The van der Waals surface area contributed by atoms with E-state index >= 15 is 0 Å². The third-order valence-corrected chi connectivity index (χ3v) is 5.06. The van der Waals surface area contributed by atoms with E-state index in [9.17, 15) is 8.42 Å². The van der Waals surface area contributed by atoms with Crippen molar-refractivity contribution in [3.05, 3.63) is 71.3 Å². The Morgan fingerprint density at radius 1 is 1.05 bits per heavy atom. The maximum absolute atomic E-state index is 12.5. The highest BCUT2D eigenvalue weighted by molar-refractivity contribution is 7.89. The van der Waals surface area contributed by atoms with Crippen LogP contribution in [0.25, 0.3) is 6.08 Å². The SMILES string of the molecule is Cc1ccc(S(=O)(=O)N2C/C(=C\c3ccccc3)C=N2)cc1. The van der Waals surface area contributed by atoms with E-state index < -0.39 is 10.0 Å². The number of hydrazone groups is 1. The lowest BCUT2D eigenvalue weighted by molar-refractivity contribution is 0.473. The number of nitrogens with zero attached hydrogens (tertiary/aromatic N) is 2. The Kier molecular flexibility index (Phi) is 3.81. The predicted molar refractivity (Wildman–Crippen MR) is 88.0 cm³/mol. The standard InChI is InChI=1S/C17H16N2O2S/c1-14-7-9-17(10-8-14)22(20,21)19-13-16(12-18-19)11-15-5-3-2-4-6-15/h2-12H,13H2,1H3/b16-11-. The van der Waals surface area contributed by atoms with E-state index in [1.807, 2.05) is 43.3 Å². The fraction of sp³-hybridized carbons (Fsp3) is 0.118. The van der Waals surface area contributed by atoms with Crippen molar-refractivity contribution in [2.24, 2.45) is 5.10 Å². The molecule has 0 bridgehead atoms. The topological polar surface area (TPSA) is 49.7 Å². The average molecular weight is 312 g/mol. The first-order valence-corrected chi connectivity index (χ1v) is 8.39. The van der Waals surface area contributed by atoms with Crippen LogP contribution in [-0.2, 0) is 10.0 Å². The number of benzene rings is 2. The van der Waals surface area contributed by atoms with Crippen molar-refractivity contribution in [3.63, 3.8) is 0 Å². The summed E-state index contributed by atoms with van der Waals surface area (Å²) in [4.78, 5) is 0.260. The van der Waals surface area contributed by atoms with Crippen LogP contribution in [0, 0.1) is 6.92 Å². The molecule has 0 saturated heterocycles. The molecular weight excluding hydrogens is 296 g/mol. The van der Waals surface area contributed by atoms with Crippen LogP contribution in [0.4, 0.5) is 0 Å². The van der Waals surface area contributed by atoms with Gasteiger partial charge in [0, 0.05) is 0 Å². The number of hydrogen-bond donors (Lipinski definition) is 0. The molecule has 5 heteroatoms. The van der Waals surface area contributed by atoms with Crippen molar-refractivity contribution in [2.45, 2.75) is 11.8 Å². The number of rotatable bonds is 3. The van der Waals surface area contributed by atoms with Crippen molar-refractivity contribution in [3.8, 4) is 0 Å². The minimum atomic E-state index is -3.59. The van der Waals surface area contributed by atoms with E-state index in [-0.39, 0.29) is 11.4 Å². The first-order valence-electron chi connectivity index (χ1n) is 6.95. The van der Waals surface area contributed by atoms with Crippen molar-refractivity contribution in [1.29, 1.82) is 0 Å². The summed E-state index contributed by atoms with van der Waals surface area (Å²) in [5, 5.41) is 4.04. The fourth-order valence-corrected chi connectivity index (χ4v) is 3.42. The van der Waals surface area contributed by atoms with E-state index in [0.29, 0.717) is 0 Å². The molecule has 22 heavy (non-hydrogen) atoms. The first-order chi connectivity index (χ1) is 10.6. The monoisotopic (exact) mass is 312 g/mol. The molecule has 0 spiro atoms. The van der Waals surface area contributed by atoms with Crippen LogP contribution in [0.2, 0.25) is 0 Å². The van der Waals surface area contributed by atoms with Gasteiger partial charge in [0.05, 0.1) is 17.7 Å². The third-order valence-electron chi connectivity index (χ3n) is 3.42. The molecule has 1 aliphatic rings. The molecule has 3 rings (SSSR count). The van der Waals surface area contributed by atoms with Gasteiger partial charge in [-0.1, -0.05) is 48.0 Å². The summed E-state index contributed by atoms with van der Waals surface area (Å²) in [6.07, 6.45) is 3.53. The quantitative estimate of drug-likeness (QED) is 0.874. The molecule has 1 aliphatic heterocycles. The van der Waals surface area contributed by atoms with E-state index in [4.69, 9.17) is 0 Å². The van der Waals surface area contributed by atoms with Gasteiger partial charge in [0.2, 0.25) is 0 Å². The molecule has 0 radical (unpaired) electrons.